The molecule has 0 amide bonds. The minimum absolute atomic E-state index is 0.110. The van der Waals surface area contributed by atoms with Crippen molar-refractivity contribution in [2.24, 2.45) is 5.92 Å². The van der Waals surface area contributed by atoms with Crippen LogP contribution in [-0.2, 0) is 11.3 Å². The van der Waals surface area contributed by atoms with Crippen LogP contribution in [0.25, 0.3) is 0 Å². The van der Waals surface area contributed by atoms with E-state index in [1.54, 1.807) is 6.07 Å². The van der Waals surface area contributed by atoms with Crippen LogP contribution in [0.2, 0.25) is 0 Å². The molecule has 0 N–H and O–H groups in total. The van der Waals surface area contributed by atoms with E-state index >= 15 is 0 Å². The molecule has 1 nitrogen and oxygen atoms in total. The van der Waals surface area contributed by atoms with E-state index in [2.05, 4.69) is 29.8 Å². The monoisotopic (exact) mass is 272 g/mol. The predicted octanol–water partition coefficient (Wildman–Crippen LogP) is 3.86. The summed E-state index contributed by atoms with van der Waals surface area (Å²) in [5.74, 6) is 0.475. The Bertz CT molecular complexity index is 376. The highest BCUT2D eigenvalue weighted by Crippen LogP contribution is 2.35. The third-order valence-corrected chi connectivity index (χ3v) is 3.37. The Kier molecular flexibility index (Phi) is 3.12. The molecular formula is C12H14BrFO. The second-order valence-corrected chi connectivity index (χ2v) is 5.24. The molecule has 0 bridgehead atoms. The first kappa shape index (κ1) is 11.1. The molecule has 2 rings (SSSR count). The van der Waals surface area contributed by atoms with Gasteiger partial charge in [0.25, 0.3) is 0 Å². The van der Waals surface area contributed by atoms with E-state index < -0.39 is 0 Å². The molecule has 0 saturated heterocycles. The van der Waals surface area contributed by atoms with Crippen molar-refractivity contribution in [3.63, 3.8) is 0 Å². The lowest BCUT2D eigenvalue weighted by molar-refractivity contribution is 0.0773. The lowest BCUT2D eigenvalue weighted by atomic mass is 9.84. The van der Waals surface area contributed by atoms with Gasteiger partial charge in [0.05, 0.1) is 13.2 Å². The average Bonchev–Trinajstić information content (AvgIpc) is 2.16. The zero-order valence-corrected chi connectivity index (χ0v) is 10.5. The van der Waals surface area contributed by atoms with Crippen molar-refractivity contribution < 1.29 is 9.13 Å². The van der Waals surface area contributed by atoms with Crippen LogP contribution in [0.3, 0.4) is 0 Å². The Morgan fingerprint density at radius 1 is 1.47 bits per heavy atom. The number of hydrogen-bond acceptors (Lipinski definition) is 1. The first-order chi connectivity index (χ1) is 7.09. The lowest BCUT2D eigenvalue weighted by Gasteiger charge is -2.29. The van der Waals surface area contributed by atoms with Crippen LogP contribution in [0.1, 0.15) is 30.9 Å². The summed E-state index contributed by atoms with van der Waals surface area (Å²) in [6, 6.07) is 3.49. The van der Waals surface area contributed by atoms with Gasteiger partial charge in [0.1, 0.15) is 5.82 Å². The number of halogens is 2. The number of fused-ring (bicyclic) bond motifs is 1. The van der Waals surface area contributed by atoms with E-state index in [9.17, 15) is 4.39 Å². The third-order valence-electron chi connectivity index (χ3n) is 2.91. The van der Waals surface area contributed by atoms with Crippen molar-refractivity contribution in [2.45, 2.75) is 26.4 Å². The molecule has 0 fully saturated rings. The molecule has 1 aromatic carbocycles. The van der Waals surface area contributed by atoms with Crippen molar-refractivity contribution >= 4 is 15.9 Å². The molecule has 0 aliphatic carbocycles. The van der Waals surface area contributed by atoms with Crippen molar-refractivity contribution in [2.75, 3.05) is 6.61 Å². The summed E-state index contributed by atoms with van der Waals surface area (Å²) in [6.45, 7) is 5.35. The summed E-state index contributed by atoms with van der Waals surface area (Å²) >= 11 is 3.30. The van der Waals surface area contributed by atoms with E-state index in [1.807, 2.05) is 6.07 Å². The topological polar surface area (TPSA) is 9.23 Å². The summed E-state index contributed by atoms with van der Waals surface area (Å²) in [5.41, 5.74) is 1.83. The van der Waals surface area contributed by atoms with E-state index in [0.29, 0.717) is 19.1 Å². The van der Waals surface area contributed by atoms with E-state index in [0.717, 1.165) is 15.6 Å². The van der Waals surface area contributed by atoms with Crippen LogP contribution in [0.4, 0.5) is 4.39 Å². The highest BCUT2D eigenvalue weighted by atomic mass is 79.9. The van der Waals surface area contributed by atoms with Crippen LogP contribution in [0.15, 0.2) is 16.6 Å². The van der Waals surface area contributed by atoms with Crippen LogP contribution >= 0.6 is 15.9 Å². The van der Waals surface area contributed by atoms with Gasteiger partial charge in [0.2, 0.25) is 0 Å². The van der Waals surface area contributed by atoms with Crippen LogP contribution < -0.4 is 0 Å². The molecule has 3 heteroatoms. The molecule has 0 aromatic heterocycles. The van der Waals surface area contributed by atoms with Crippen LogP contribution in [0.5, 0.6) is 0 Å². The molecule has 1 unspecified atom stereocenters. The van der Waals surface area contributed by atoms with Gasteiger partial charge in [-0.25, -0.2) is 4.39 Å². The lowest BCUT2D eigenvalue weighted by Crippen LogP contribution is -2.22. The molecule has 1 aromatic rings. The maximum absolute atomic E-state index is 13.9. The van der Waals surface area contributed by atoms with Crippen LogP contribution in [0, 0.1) is 11.7 Å². The SMILES string of the molecule is CC(C)C1COCc2cc(Br)cc(F)c21. The van der Waals surface area contributed by atoms with Gasteiger partial charge in [0, 0.05) is 10.4 Å². The quantitative estimate of drug-likeness (QED) is 0.755. The predicted molar refractivity (Wildman–Crippen MR) is 61.3 cm³/mol. The van der Waals surface area contributed by atoms with Gasteiger partial charge in [-0.3, -0.25) is 0 Å². The smallest absolute Gasteiger partial charge is 0.128 e. The fraction of sp³-hybridized carbons (Fsp3) is 0.500. The minimum atomic E-state index is -0.110. The minimum Gasteiger partial charge on any atom is -0.376 e. The average molecular weight is 273 g/mol. The molecule has 1 aliphatic rings. The van der Waals surface area contributed by atoms with E-state index in [4.69, 9.17) is 4.74 Å². The zero-order chi connectivity index (χ0) is 11.0. The number of ether oxygens (including phenoxy) is 1. The summed E-state index contributed by atoms with van der Waals surface area (Å²) in [5, 5.41) is 0. The molecular weight excluding hydrogens is 259 g/mol. The van der Waals surface area contributed by atoms with Crippen molar-refractivity contribution in [1.82, 2.24) is 0 Å². The Balaban J connectivity index is 2.51. The molecule has 1 atom stereocenters. The standard InChI is InChI=1S/C12H14BrFO/c1-7(2)10-6-15-5-8-3-9(13)4-11(14)12(8)10/h3-4,7,10H,5-6H2,1-2H3. The van der Waals surface area contributed by atoms with E-state index in [1.165, 1.54) is 0 Å². The Labute approximate surface area is 97.8 Å². The van der Waals surface area contributed by atoms with Crippen molar-refractivity contribution in [1.29, 1.82) is 0 Å². The highest BCUT2D eigenvalue weighted by Gasteiger charge is 2.26. The van der Waals surface area contributed by atoms with Gasteiger partial charge in [-0.15, -0.1) is 0 Å². The number of rotatable bonds is 1. The Morgan fingerprint density at radius 2 is 2.20 bits per heavy atom. The zero-order valence-electron chi connectivity index (χ0n) is 8.89. The fourth-order valence-electron chi connectivity index (χ4n) is 2.08. The van der Waals surface area contributed by atoms with Crippen molar-refractivity contribution in [3.8, 4) is 0 Å². The second kappa shape index (κ2) is 4.22. The largest absolute Gasteiger partial charge is 0.376 e. The fourth-order valence-corrected chi connectivity index (χ4v) is 2.55. The first-order valence-electron chi connectivity index (χ1n) is 5.15. The van der Waals surface area contributed by atoms with Crippen LogP contribution in [-0.4, -0.2) is 6.61 Å². The number of hydrogen-bond donors (Lipinski definition) is 0. The third kappa shape index (κ3) is 2.08. The normalized spacial score (nSPS) is 20.5. The highest BCUT2D eigenvalue weighted by molar-refractivity contribution is 9.10. The summed E-state index contributed by atoms with van der Waals surface area (Å²) in [4.78, 5) is 0. The maximum atomic E-state index is 13.9. The molecule has 1 heterocycles. The van der Waals surface area contributed by atoms with Gasteiger partial charge in [-0.1, -0.05) is 29.8 Å². The van der Waals surface area contributed by atoms with Crippen molar-refractivity contribution in [3.05, 3.63) is 33.5 Å². The molecule has 15 heavy (non-hydrogen) atoms. The molecule has 0 radical (unpaired) electrons. The van der Waals surface area contributed by atoms with Gasteiger partial charge in [0.15, 0.2) is 0 Å². The van der Waals surface area contributed by atoms with Gasteiger partial charge < -0.3 is 4.74 Å². The summed E-state index contributed by atoms with van der Waals surface area (Å²) < 4.78 is 20.1. The van der Waals surface area contributed by atoms with Gasteiger partial charge in [-0.05, 0) is 29.2 Å². The summed E-state index contributed by atoms with van der Waals surface area (Å²) in [7, 11) is 0. The maximum Gasteiger partial charge on any atom is 0.128 e. The Morgan fingerprint density at radius 3 is 2.87 bits per heavy atom. The summed E-state index contributed by atoms with van der Waals surface area (Å²) in [6.07, 6.45) is 0. The molecule has 1 aliphatic heterocycles. The number of benzene rings is 1. The molecule has 0 spiro atoms. The Hall–Kier alpha value is -0.410. The molecule has 0 saturated carbocycles. The van der Waals surface area contributed by atoms with E-state index in [-0.39, 0.29) is 11.7 Å². The van der Waals surface area contributed by atoms with Gasteiger partial charge in [-0.2, -0.15) is 0 Å². The molecule has 82 valence electrons. The first-order valence-corrected chi connectivity index (χ1v) is 5.94. The van der Waals surface area contributed by atoms with Gasteiger partial charge >= 0.3 is 0 Å². The second-order valence-electron chi connectivity index (χ2n) is 4.33.